The van der Waals surface area contributed by atoms with Gasteiger partial charge in [0, 0.05) is 5.66 Å². The van der Waals surface area contributed by atoms with E-state index in [1.165, 1.54) is 44.9 Å². The van der Waals surface area contributed by atoms with Gasteiger partial charge in [0.1, 0.15) is 5.75 Å². The van der Waals surface area contributed by atoms with Gasteiger partial charge in [-0.15, -0.1) is 0 Å². The molecule has 0 heterocycles. The summed E-state index contributed by atoms with van der Waals surface area (Å²) in [5, 5.41) is 0. The van der Waals surface area contributed by atoms with E-state index in [-0.39, 0.29) is 0 Å². The van der Waals surface area contributed by atoms with Crippen LogP contribution >= 0.6 is 8.38 Å². The van der Waals surface area contributed by atoms with Crippen molar-refractivity contribution in [1.82, 2.24) is 0 Å². The molecule has 0 aliphatic carbocycles. The summed E-state index contributed by atoms with van der Waals surface area (Å²) in [6.07, 6.45) is 12.6. The van der Waals surface area contributed by atoms with Crippen molar-refractivity contribution in [2.75, 3.05) is 0 Å². The zero-order chi connectivity index (χ0) is 18.3. The minimum atomic E-state index is -0.883. The van der Waals surface area contributed by atoms with E-state index in [2.05, 4.69) is 39.8 Å². The Hall–Kier alpha value is -0.590. The Morgan fingerprint density at radius 3 is 2.00 bits per heavy atom. The summed E-state index contributed by atoms with van der Waals surface area (Å²) in [4.78, 5) is 0. The van der Waals surface area contributed by atoms with Crippen LogP contribution in [0.2, 0.25) is 0 Å². The van der Waals surface area contributed by atoms with Crippen molar-refractivity contribution in [3.8, 4) is 5.75 Å². The summed E-state index contributed by atoms with van der Waals surface area (Å²) >= 11 is 0. The van der Waals surface area contributed by atoms with Gasteiger partial charge in [-0.25, -0.2) is 0 Å². The molecule has 0 aliphatic heterocycles. The number of unbranched alkanes of at least 4 members (excludes halogenated alkanes) is 4. The molecule has 0 amide bonds. The third kappa shape index (κ3) is 9.61. The molecule has 1 aromatic carbocycles. The molecule has 0 saturated carbocycles. The summed E-state index contributed by atoms with van der Waals surface area (Å²) in [5.41, 5.74) is 0.530. The summed E-state index contributed by atoms with van der Waals surface area (Å²) in [7, 11) is -0.883. The van der Waals surface area contributed by atoms with E-state index in [1.807, 2.05) is 18.2 Å². The SMILES string of the molecule is CCCCCC(CC)OP(Oc1ccccc1)C(CC)CCCCC. The molecule has 0 radical (unpaired) electrons. The van der Waals surface area contributed by atoms with E-state index in [4.69, 9.17) is 9.05 Å². The van der Waals surface area contributed by atoms with Gasteiger partial charge in [-0.3, -0.25) is 0 Å². The van der Waals surface area contributed by atoms with Gasteiger partial charge in [0.2, 0.25) is 8.38 Å². The lowest BCUT2D eigenvalue weighted by Crippen LogP contribution is -2.17. The van der Waals surface area contributed by atoms with E-state index in [9.17, 15) is 0 Å². The van der Waals surface area contributed by atoms with Gasteiger partial charge in [-0.2, -0.15) is 0 Å². The van der Waals surface area contributed by atoms with Crippen LogP contribution in [0.4, 0.5) is 0 Å². The Labute approximate surface area is 157 Å². The highest BCUT2D eigenvalue weighted by atomic mass is 31.2. The first kappa shape index (κ1) is 22.5. The highest BCUT2D eigenvalue weighted by Crippen LogP contribution is 2.49. The van der Waals surface area contributed by atoms with Crippen molar-refractivity contribution >= 4 is 8.38 Å². The molecule has 0 N–H and O–H groups in total. The van der Waals surface area contributed by atoms with E-state index >= 15 is 0 Å². The number of para-hydroxylation sites is 1. The number of rotatable bonds is 15. The van der Waals surface area contributed by atoms with Crippen LogP contribution in [0.15, 0.2) is 30.3 Å². The van der Waals surface area contributed by atoms with Crippen LogP contribution < -0.4 is 4.52 Å². The third-order valence-electron chi connectivity index (χ3n) is 4.69. The van der Waals surface area contributed by atoms with Crippen LogP contribution in [-0.2, 0) is 4.52 Å². The topological polar surface area (TPSA) is 18.5 Å². The quantitative estimate of drug-likeness (QED) is 0.230. The fourth-order valence-electron chi connectivity index (χ4n) is 2.96. The van der Waals surface area contributed by atoms with Crippen LogP contribution in [0, 0.1) is 0 Å². The average molecular weight is 367 g/mol. The predicted octanol–water partition coefficient (Wildman–Crippen LogP) is 8.11. The lowest BCUT2D eigenvalue weighted by atomic mass is 10.1. The summed E-state index contributed by atoms with van der Waals surface area (Å²) in [5.74, 6) is 0.950. The second-order valence-corrected chi connectivity index (χ2v) is 8.57. The monoisotopic (exact) mass is 366 g/mol. The van der Waals surface area contributed by atoms with Crippen molar-refractivity contribution in [3.63, 3.8) is 0 Å². The minimum absolute atomic E-state index is 0.335. The molecule has 0 bridgehead atoms. The fraction of sp³-hybridized carbons (Fsp3) is 0.727. The molecule has 0 aliphatic rings. The second kappa shape index (κ2) is 14.6. The predicted molar refractivity (Wildman–Crippen MR) is 112 cm³/mol. The number of benzene rings is 1. The average Bonchev–Trinajstić information content (AvgIpc) is 2.65. The van der Waals surface area contributed by atoms with Gasteiger partial charge in [0.15, 0.2) is 0 Å². The largest absolute Gasteiger partial charge is 0.447 e. The Morgan fingerprint density at radius 1 is 0.800 bits per heavy atom. The first-order valence-corrected chi connectivity index (χ1v) is 11.7. The first-order valence-electron chi connectivity index (χ1n) is 10.4. The van der Waals surface area contributed by atoms with Crippen molar-refractivity contribution < 1.29 is 9.05 Å². The van der Waals surface area contributed by atoms with Crippen molar-refractivity contribution in [3.05, 3.63) is 30.3 Å². The van der Waals surface area contributed by atoms with Crippen molar-refractivity contribution in [2.24, 2.45) is 0 Å². The normalized spacial score (nSPS) is 14.9. The molecule has 1 aromatic rings. The van der Waals surface area contributed by atoms with Gasteiger partial charge in [-0.05, 0) is 37.8 Å². The maximum absolute atomic E-state index is 6.58. The molecule has 2 nitrogen and oxygen atoms in total. The summed E-state index contributed by atoms with van der Waals surface area (Å²) < 4.78 is 13.0. The van der Waals surface area contributed by atoms with Gasteiger partial charge < -0.3 is 9.05 Å². The molecule has 0 fully saturated rings. The highest BCUT2D eigenvalue weighted by molar-refractivity contribution is 7.48. The van der Waals surface area contributed by atoms with E-state index in [0.717, 1.165) is 25.0 Å². The molecule has 1 rings (SSSR count). The Bertz CT molecular complexity index is 410. The number of hydrogen-bond acceptors (Lipinski definition) is 2. The van der Waals surface area contributed by atoms with Crippen molar-refractivity contribution in [1.29, 1.82) is 0 Å². The first-order chi connectivity index (χ1) is 12.2. The molecule has 0 aromatic heterocycles. The Kier molecular flexibility index (Phi) is 13.1. The lowest BCUT2D eigenvalue weighted by Gasteiger charge is -2.29. The number of hydrogen-bond donors (Lipinski definition) is 0. The van der Waals surface area contributed by atoms with E-state index in [0.29, 0.717) is 11.8 Å². The molecule has 25 heavy (non-hydrogen) atoms. The maximum atomic E-state index is 6.58. The molecule has 0 spiro atoms. The van der Waals surface area contributed by atoms with Crippen LogP contribution in [0.3, 0.4) is 0 Å². The maximum Gasteiger partial charge on any atom is 0.233 e. The summed E-state index contributed by atoms with van der Waals surface area (Å²) in [6, 6.07) is 10.2. The molecule has 3 unspecified atom stereocenters. The molecule has 3 atom stereocenters. The molecule has 3 heteroatoms. The smallest absolute Gasteiger partial charge is 0.233 e. The van der Waals surface area contributed by atoms with E-state index < -0.39 is 8.38 Å². The van der Waals surface area contributed by atoms with E-state index in [1.54, 1.807) is 0 Å². The minimum Gasteiger partial charge on any atom is -0.447 e. The van der Waals surface area contributed by atoms with Crippen molar-refractivity contribution in [2.45, 2.75) is 104 Å². The Balaban J connectivity index is 2.73. The van der Waals surface area contributed by atoms with Crippen LogP contribution in [0.25, 0.3) is 0 Å². The van der Waals surface area contributed by atoms with Gasteiger partial charge in [0.05, 0.1) is 6.10 Å². The second-order valence-electron chi connectivity index (χ2n) is 6.88. The van der Waals surface area contributed by atoms with Gasteiger partial charge >= 0.3 is 0 Å². The van der Waals surface area contributed by atoms with Crippen LogP contribution in [0.5, 0.6) is 5.75 Å². The lowest BCUT2D eigenvalue weighted by molar-refractivity contribution is 0.181. The highest BCUT2D eigenvalue weighted by Gasteiger charge is 2.27. The van der Waals surface area contributed by atoms with Gasteiger partial charge in [-0.1, -0.05) is 84.4 Å². The molecular weight excluding hydrogens is 327 g/mol. The van der Waals surface area contributed by atoms with Crippen LogP contribution in [-0.4, -0.2) is 11.8 Å². The van der Waals surface area contributed by atoms with Crippen LogP contribution in [0.1, 0.15) is 91.9 Å². The Morgan fingerprint density at radius 2 is 1.44 bits per heavy atom. The fourth-order valence-corrected chi connectivity index (χ4v) is 4.89. The standard InChI is InChI=1S/C22H39O2P/c1-5-9-12-16-20(7-3)23-25(22(8-4)19-13-10-6-2)24-21-17-14-11-15-18-21/h11,14-15,17-18,20,22H,5-10,12-13,16,19H2,1-4H3. The zero-order valence-electron chi connectivity index (χ0n) is 16.9. The third-order valence-corrected chi connectivity index (χ3v) is 6.80. The van der Waals surface area contributed by atoms with Gasteiger partial charge in [0.25, 0.3) is 0 Å². The molecule has 144 valence electrons. The molecular formula is C22H39O2P. The zero-order valence-corrected chi connectivity index (χ0v) is 17.8. The molecule has 0 saturated heterocycles. The summed E-state index contributed by atoms with van der Waals surface area (Å²) in [6.45, 7) is 9.04.